The second-order valence-electron chi connectivity index (χ2n) is 8.65. The molecule has 0 fully saturated rings. The van der Waals surface area contributed by atoms with Crippen molar-refractivity contribution in [2.75, 3.05) is 24.3 Å². The lowest BCUT2D eigenvalue weighted by Crippen LogP contribution is -2.38. The maximum absolute atomic E-state index is 13.6. The van der Waals surface area contributed by atoms with Gasteiger partial charge in [-0.3, -0.25) is 9.59 Å². The first-order valence-corrected chi connectivity index (χ1v) is 11.5. The summed E-state index contributed by atoms with van der Waals surface area (Å²) in [7, 11) is 4.17. The van der Waals surface area contributed by atoms with Gasteiger partial charge < -0.3 is 15.1 Å². The van der Waals surface area contributed by atoms with Crippen LogP contribution in [0.3, 0.4) is 0 Å². The molecule has 0 aromatic heterocycles. The largest absolute Gasteiger partial charge is 0.322 e. The van der Waals surface area contributed by atoms with Gasteiger partial charge in [0.1, 0.15) is 0 Å². The molecule has 2 atom stereocenters. The molecule has 33 heavy (non-hydrogen) atoms. The molecular formula is C27H28ClN3O2. The monoisotopic (exact) mass is 461 g/mol. The summed E-state index contributed by atoms with van der Waals surface area (Å²) in [5.74, 6) is -0.331. The SMILES string of the molecule is CC1CCC(N(C)C)c2ccccc2N1C(=O)c1ccc(NC(=O)c2ccccc2Cl)cc1. The molecule has 1 N–H and O–H groups in total. The van der Waals surface area contributed by atoms with Crippen LogP contribution in [-0.2, 0) is 0 Å². The molecule has 0 saturated heterocycles. The lowest BCUT2D eigenvalue weighted by Gasteiger charge is -2.29. The van der Waals surface area contributed by atoms with Crippen LogP contribution < -0.4 is 10.2 Å². The first-order valence-electron chi connectivity index (χ1n) is 11.1. The standard InChI is InChI=1S/C27H28ClN3O2/c1-18-12-17-24(30(2)3)22-9-5-7-11-25(22)31(18)27(33)19-13-15-20(16-14-19)29-26(32)21-8-4-6-10-23(21)28/h4-11,13-16,18,24H,12,17H2,1-3H3,(H,29,32). The van der Waals surface area contributed by atoms with Crippen LogP contribution in [-0.4, -0.2) is 36.9 Å². The number of nitrogens with one attached hydrogen (secondary N) is 1. The maximum atomic E-state index is 13.6. The number of rotatable bonds is 4. The molecule has 170 valence electrons. The highest BCUT2D eigenvalue weighted by molar-refractivity contribution is 6.34. The molecule has 2 amide bonds. The van der Waals surface area contributed by atoms with Crippen molar-refractivity contribution in [3.05, 3.63) is 94.5 Å². The zero-order valence-electron chi connectivity index (χ0n) is 19.1. The number of hydrogen-bond donors (Lipinski definition) is 1. The van der Waals surface area contributed by atoms with Crippen molar-refractivity contribution < 1.29 is 9.59 Å². The molecule has 4 rings (SSSR count). The Bertz CT molecular complexity index is 1160. The molecule has 0 bridgehead atoms. The molecular weight excluding hydrogens is 434 g/mol. The van der Waals surface area contributed by atoms with Gasteiger partial charge in [-0.05, 0) is 81.9 Å². The first kappa shape index (κ1) is 23.0. The normalized spacial score (nSPS) is 17.9. The Hall–Kier alpha value is -3.15. The van der Waals surface area contributed by atoms with E-state index in [4.69, 9.17) is 11.6 Å². The van der Waals surface area contributed by atoms with Crippen molar-refractivity contribution in [2.45, 2.75) is 31.8 Å². The summed E-state index contributed by atoms with van der Waals surface area (Å²) in [6.45, 7) is 2.10. The Labute approximate surface area is 200 Å². The number of carbonyl (C=O) groups is 2. The lowest BCUT2D eigenvalue weighted by molar-refractivity contribution is 0.0976. The minimum atomic E-state index is -0.288. The highest BCUT2D eigenvalue weighted by atomic mass is 35.5. The van der Waals surface area contributed by atoms with Gasteiger partial charge in [0.25, 0.3) is 11.8 Å². The van der Waals surface area contributed by atoms with Gasteiger partial charge in [-0.15, -0.1) is 0 Å². The second-order valence-corrected chi connectivity index (χ2v) is 9.06. The zero-order chi connectivity index (χ0) is 23.5. The number of amides is 2. The molecule has 3 aromatic rings. The molecule has 6 heteroatoms. The predicted molar refractivity (Wildman–Crippen MR) is 134 cm³/mol. The molecule has 1 aliphatic heterocycles. The summed E-state index contributed by atoms with van der Waals surface area (Å²) in [4.78, 5) is 30.3. The van der Waals surface area contributed by atoms with Crippen LogP contribution >= 0.6 is 11.6 Å². The molecule has 0 saturated carbocycles. The highest BCUT2D eigenvalue weighted by Gasteiger charge is 2.32. The van der Waals surface area contributed by atoms with Crippen molar-refractivity contribution in [1.82, 2.24) is 4.90 Å². The predicted octanol–water partition coefficient (Wildman–Crippen LogP) is 6.02. The van der Waals surface area contributed by atoms with E-state index in [1.807, 2.05) is 23.1 Å². The van der Waals surface area contributed by atoms with Gasteiger partial charge in [0.05, 0.1) is 10.6 Å². The topological polar surface area (TPSA) is 52.6 Å². The number of para-hydroxylation sites is 1. The summed E-state index contributed by atoms with van der Waals surface area (Å²) in [6.07, 6.45) is 1.90. The van der Waals surface area contributed by atoms with Crippen LogP contribution in [0.25, 0.3) is 0 Å². The van der Waals surface area contributed by atoms with E-state index in [1.165, 1.54) is 5.56 Å². The van der Waals surface area contributed by atoms with Gasteiger partial charge in [0, 0.05) is 29.0 Å². The van der Waals surface area contributed by atoms with Gasteiger partial charge in [-0.1, -0.05) is 41.9 Å². The third-order valence-electron chi connectivity index (χ3n) is 6.20. The van der Waals surface area contributed by atoms with Crippen molar-refractivity contribution in [3.8, 4) is 0 Å². The number of benzene rings is 3. The Morgan fingerprint density at radius 2 is 1.61 bits per heavy atom. The average Bonchev–Trinajstić information content (AvgIpc) is 2.95. The number of carbonyl (C=O) groups excluding carboxylic acids is 2. The molecule has 1 heterocycles. The van der Waals surface area contributed by atoms with Gasteiger partial charge in [-0.2, -0.15) is 0 Å². The minimum Gasteiger partial charge on any atom is -0.322 e. The minimum absolute atomic E-state index is 0.0432. The van der Waals surface area contributed by atoms with Crippen molar-refractivity contribution >= 4 is 34.8 Å². The Balaban J connectivity index is 1.58. The number of nitrogens with zero attached hydrogens (tertiary/aromatic N) is 2. The van der Waals surface area contributed by atoms with Crippen LogP contribution in [0.2, 0.25) is 5.02 Å². The van der Waals surface area contributed by atoms with E-state index in [0.29, 0.717) is 21.8 Å². The van der Waals surface area contributed by atoms with E-state index in [2.05, 4.69) is 37.3 Å². The second kappa shape index (κ2) is 9.77. The highest BCUT2D eigenvalue weighted by Crippen LogP contribution is 2.38. The Morgan fingerprint density at radius 3 is 2.30 bits per heavy atom. The molecule has 0 aliphatic carbocycles. The smallest absolute Gasteiger partial charge is 0.258 e. The van der Waals surface area contributed by atoms with Crippen molar-refractivity contribution in [2.24, 2.45) is 0 Å². The van der Waals surface area contributed by atoms with Gasteiger partial charge in [0.2, 0.25) is 0 Å². The number of fused-ring (bicyclic) bond motifs is 1. The number of halogens is 1. The van der Waals surface area contributed by atoms with Gasteiger partial charge in [-0.25, -0.2) is 0 Å². The third-order valence-corrected chi connectivity index (χ3v) is 6.53. The maximum Gasteiger partial charge on any atom is 0.258 e. The van der Waals surface area contributed by atoms with Crippen LogP contribution in [0, 0.1) is 0 Å². The quantitative estimate of drug-likeness (QED) is 0.516. The van der Waals surface area contributed by atoms with E-state index >= 15 is 0 Å². The molecule has 2 unspecified atom stereocenters. The summed E-state index contributed by atoms with van der Waals surface area (Å²) in [6, 6.07) is 22.4. The van der Waals surface area contributed by atoms with Crippen LogP contribution in [0.4, 0.5) is 11.4 Å². The van der Waals surface area contributed by atoms with Crippen LogP contribution in [0.15, 0.2) is 72.8 Å². The summed E-state index contributed by atoms with van der Waals surface area (Å²) >= 11 is 6.12. The first-order chi connectivity index (χ1) is 15.9. The summed E-state index contributed by atoms with van der Waals surface area (Å²) < 4.78 is 0. The fourth-order valence-electron chi connectivity index (χ4n) is 4.43. The fourth-order valence-corrected chi connectivity index (χ4v) is 4.66. The molecule has 5 nitrogen and oxygen atoms in total. The van der Waals surface area contributed by atoms with E-state index in [0.717, 1.165) is 18.5 Å². The van der Waals surface area contributed by atoms with Crippen LogP contribution in [0.5, 0.6) is 0 Å². The Morgan fingerprint density at radius 1 is 0.939 bits per heavy atom. The van der Waals surface area contributed by atoms with E-state index < -0.39 is 0 Å². The molecule has 3 aromatic carbocycles. The Kier molecular flexibility index (Phi) is 6.82. The zero-order valence-corrected chi connectivity index (χ0v) is 19.8. The van der Waals surface area contributed by atoms with Crippen molar-refractivity contribution in [3.63, 3.8) is 0 Å². The molecule has 0 radical (unpaired) electrons. The van der Waals surface area contributed by atoms with Gasteiger partial charge in [0.15, 0.2) is 0 Å². The third kappa shape index (κ3) is 4.80. The van der Waals surface area contributed by atoms with Crippen molar-refractivity contribution in [1.29, 1.82) is 0 Å². The number of hydrogen-bond acceptors (Lipinski definition) is 3. The fraction of sp³-hybridized carbons (Fsp3) is 0.259. The summed E-state index contributed by atoms with van der Waals surface area (Å²) in [5, 5.41) is 3.24. The van der Waals surface area contributed by atoms with E-state index in [9.17, 15) is 9.59 Å². The van der Waals surface area contributed by atoms with E-state index in [-0.39, 0.29) is 23.9 Å². The number of anilines is 2. The lowest BCUT2D eigenvalue weighted by atomic mass is 10.0. The van der Waals surface area contributed by atoms with E-state index in [1.54, 1.807) is 48.5 Å². The molecule has 0 spiro atoms. The van der Waals surface area contributed by atoms with Crippen LogP contribution in [0.1, 0.15) is 52.1 Å². The average molecular weight is 462 g/mol. The molecule has 1 aliphatic rings. The summed E-state index contributed by atoms with van der Waals surface area (Å²) in [5.41, 5.74) is 3.72. The van der Waals surface area contributed by atoms with Gasteiger partial charge >= 0.3 is 0 Å².